The molecular formula is C12H18F4N2O4S. The zero-order valence-electron chi connectivity index (χ0n) is 12.4. The van der Waals surface area contributed by atoms with Gasteiger partial charge in [-0.1, -0.05) is 11.8 Å². The molecule has 1 fully saturated rings. The number of hydrogen-bond donors (Lipinski definition) is 2. The van der Waals surface area contributed by atoms with Crippen molar-refractivity contribution in [1.29, 1.82) is 0 Å². The Kier molecular flexibility index (Phi) is 5.77. The quantitative estimate of drug-likeness (QED) is 0.705. The zero-order valence-corrected chi connectivity index (χ0v) is 13.2. The van der Waals surface area contributed by atoms with Gasteiger partial charge in [0.05, 0.1) is 6.61 Å². The van der Waals surface area contributed by atoms with Gasteiger partial charge in [-0.25, -0.2) is 4.39 Å². The van der Waals surface area contributed by atoms with E-state index in [0.29, 0.717) is 5.17 Å². The minimum atomic E-state index is -4.87. The van der Waals surface area contributed by atoms with Gasteiger partial charge in [0.25, 0.3) is 0 Å². The summed E-state index contributed by atoms with van der Waals surface area (Å²) in [5.74, 6) is 0. The number of aliphatic hydroxyl groups excluding tert-OH is 2. The van der Waals surface area contributed by atoms with Crippen molar-refractivity contribution in [3.63, 3.8) is 0 Å². The third-order valence-electron chi connectivity index (χ3n) is 3.47. The molecule has 6 nitrogen and oxygen atoms in total. The van der Waals surface area contributed by atoms with E-state index in [1.165, 1.54) is 0 Å². The van der Waals surface area contributed by atoms with Gasteiger partial charge in [0.15, 0.2) is 11.3 Å². The predicted molar refractivity (Wildman–Crippen MR) is 74.9 cm³/mol. The summed E-state index contributed by atoms with van der Waals surface area (Å²) >= 11 is 1.05. The number of amidine groups is 1. The van der Waals surface area contributed by atoms with Gasteiger partial charge >= 0.3 is 6.18 Å². The number of thioether (sulfide) groups is 1. The lowest BCUT2D eigenvalue weighted by Gasteiger charge is -2.41. The summed E-state index contributed by atoms with van der Waals surface area (Å²) in [5, 5.41) is 20.6. The van der Waals surface area contributed by atoms with Crippen LogP contribution in [0.5, 0.6) is 0 Å². The number of alkyl halides is 4. The number of nitrogens with zero attached hydrogens (tertiary/aromatic N) is 2. The SMILES string of the molecule is CN(C)C1=N[C@@H]2[C@@H](O)[C@H](O)[C@@H](C(OCCF)C(F)(F)F)O[C@@H]2S1. The molecule has 0 aromatic rings. The van der Waals surface area contributed by atoms with Gasteiger partial charge in [-0.05, 0) is 0 Å². The fourth-order valence-corrected chi connectivity index (χ4v) is 3.53. The molecule has 2 aliphatic rings. The van der Waals surface area contributed by atoms with Crippen LogP contribution < -0.4 is 0 Å². The maximum Gasteiger partial charge on any atom is 0.417 e. The topological polar surface area (TPSA) is 74.5 Å². The fraction of sp³-hybridized carbons (Fsp3) is 0.917. The molecule has 6 atom stereocenters. The summed E-state index contributed by atoms with van der Waals surface area (Å²) < 4.78 is 61.3. The van der Waals surface area contributed by atoms with E-state index in [1.807, 2.05) is 0 Å². The highest BCUT2D eigenvalue weighted by atomic mass is 32.2. The summed E-state index contributed by atoms with van der Waals surface area (Å²) in [7, 11) is 3.37. The van der Waals surface area contributed by atoms with Crippen LogP contribution in [0.3, 0.4) is 0 Å². The van der Waals surface area contributed by atoms with Gasteiger partial charge in [0, 0.05) is 14.1 Å². The van der Waals surface area contributed by atoms with E-state index in [0.717, 1.165) is 11.8 Å². The van der Waals surface area contributed by atoms with E-state index in [2.05, 4.69) is 9.73 Å². The number of ether oxygens (including phenoxy) is 2. The summed E-state index contributed by atoms with van der Waals surface area (Å²) in [6.45, 7) is -1.89. The lowest BCUT2D eigenvalue weighted by atomic mass is 9.94. The highest BCUT2D eigenvalue weighted by molar-refractivity contribution is 8.14. The molecule has 0 spiro atoms. The number of fused-ring (bicyclic) bond motifs is 1. The van der Waals surface area contributed by atoms with Crippen molar-refractivity contribution in [2.24, 2.45) is 4.99 Å². The lowest BCUT2D eigenvalue weighted by molar-refractivity contribution is -0.284. The second-order valence-corrected chi connectivity index (χ2v) is 6.45. The van der Waals surface area contributed by atoms with Gasteiger partial charge in [0.1, 0.15) is 36.5 Å². The van der Waals surface area contributed by atoms with E-state index in [4.69, 9.17) is 4.74 Å². The largest absolute Gasteiger partial charge is 0.417 e. The van der Waals surface area contributed by atoms with Crippen LogP contribution >= 0.6 is 11.8 Å². The normalized spacial score (nSPS) is 35.7. The minimum absolute atomic E-state index is 0.472. The van der Waals surface area contributed by atoms with Crippen molar-refractivity contribution in [3.05, 3.63) is 0 Å². The first-order chi connectivity index (χ1) is 10.7. The number of hydrogen-bond acceptors (Lipinski definition) is 7. The zero-order chi connectivity index (χ0) is 17.4. The van der Waals surface area contributed by atoms with Gasteiger partial charge in [0.2, 0.25) is 0 Å². The molecule has 0 bridgehead atoms. The minimum Gasteiger partial charge on any atom is -0.388 e. The second kappa shape index (κ2) is 7.09. The molecule has 1 saturated heterocycles. The smallest absolute Gasteiger partial charge is 0.388 e. The van der Waals surface area contributed by atoms with Crippen molar-refractivity contribution >= 4 is 16.9 Å². The average Bonchev–Trinajstić information content (AvgIpc) is 2.87. The molecule has 134 valence electrons. The van der Waals surface area contributed by atoms with E-state index in [1.54, 1.807) is 19.0 Å². The van der Waals surface area contributed by atoms with Crippen LogP contribution in [0.4, 0.5) is 17.6 Å². The van der Waals surface area contributed by atoms with Gasteiger partial charge < -0.3 is 24.6 Å². The third kappa shape index (κ3) is 3.90. The van der Waals surface area contributed by atoms with Gasteiger partial charge in [-0.15, -0.1) is 0 Å². The Hall–Kier alpha value is -0.620. The Morgan fingerprint density at radius 2 is 2.00 bits per heavy atom. The lowest BCUT2D eigenvalue weighted by Crippen LogP contribution is -2.61. The molecule has 0 amide bonds. The molecule has 0 aromatic heterocycles. The molecule has 1 unspecified atom stereocenters. The molecule has 2 N–H and O–H groups in total. The number of aliphatic imine (C=N–C) groups is 1. The molecule has 0 aliphatic carbocycles. The first-order valence-electron chi connectivity index (χ1n) is 6.84. The van der Waals surface area contributed by atoms with Crippen LogP contribution in [0.15, 0.2) is 4.99 Å². The van der Waals surface area contributed by atoms with Crippen LogP contribution in [0, 0.1) is 0 Å². The number of halogens is 4. The summed E-state index contributed by atoms with van der Waals surface area (Å²) in [6.07, 6.45) is -12.7. The molecule has 2 rings (SSSR count). The van der Waals surface area contributed by atoms with Crippen LogP contribution in [0.25, 0.3) is 0 Å². The predicted octanol–water partition coefficient (Wildman–Crippen LogP) is 0.383. The van der Waals surface area contributed by atoms with E-state index < -0.39 is 55.4 Å². The monoisotopic (exact) mass is 362 g/mol. The van der Waals surface area contributed by atoms with Crippen LogP contribution in [0.2, 0.25) is 0 Å². The summed E-state index contributed by atoms with van der Waals surface area (Å²) in [6, 6.07) is -0.876. The molecule has 0 aromatic carbocycles. The third-order valence-corrected chi connectivity index (χ3v) is 4.77. The van der Waals surface area contributed by atoms with Crippen molar-refractivity contribution in [1.82, 2.24) is 4.90 Å². The number of aliphatic hydroxyl groups is 2. The average molecular weight is 362 g/mol. The van der Waals surface area contributed by atoms with Gasteiger partial charge in [-0.3, -0.25) is 4.99 Å². The van der Waals surface area contributed by atoms with Crippen LogP contribution in [0.1, 0.15) is 0 Å². The Bertz CT molecular complexity index is 451. The first kappa shape index (κ1) is 18.7. The Morgan fingerprint density at radius 3 is 2.52 bits per heavy atom. The standard InChI is InChI=1S/C12H18F4N2O4S/c1-18(2)11-17-5-6(19)7(20)8(22-10(5)23-11)9(12(14,15)16)21-4-3-13/h5-10,19-20H,3-4H2,1-2H3/t5-,6-,7+,8+,9?,10-/m1/s1. The van der Waals surface area contributed by atoms with Crippen molar-refractivity contribution in [3.8, 4) is 0 Å². The van der Waals surface area contributed by atoms with E-state index in [9.17, 15) is 27.8 Å². The Morgan fingerprint density at radius 1 is 1.35 bits per heavy atom. The Labute approximate surface area is 134 Å². The first-order valence-corrected chi connectivity index (χ1v) is 7.72. The fourth-order valence-electron chi connectivity index (χ4n) is 2.39. The molecule has 2 aliphatic heterocycles. The molecule has 2 heterocycles. The second-order valence-electron chi connectivity index (χ2n) is 5.39. The molecule has 23 heavy (non-hydrogen) atoms. The van der Waals surface area contributed by atoms with E-state index in [-0.39, 0.29) is 0 Å². The van der Waals surface area contributed by atoms with Crippen LogP contribution in [-0.4, -0.2) is 89.7 Å². The van der Waals surface area contributed by atoms with Crippen LogP contribution in [-0.2, 0) is 9.47 Å². The molecule has 0 radical (unpaired) electrons. The molecule has 0 saturated carbocycles. The highest BCUT2D eigenvalue weighted by Gasteiger charge is 2.57. The molecular weight excluding hydrogens is 344 g/mol. The van der Waals surface area contributed by atoms with Crippen molar-refractivity contribution in [2.75, 3.05) is 27.4 Å². The van der Waals surface area contributed by atoms with Crippen molar-refractivity contribution < 1.29 is 37.2 Å². The highest BCUT2D eigenvalue weighted by Crippen LogP contribution is 2.40. The van der Waals surface area contributed by atoms with Crippen molar-refractivity contribution in [2.45, 2.75) is 42.1 Å². The maximum absolute atomic E-state index is 13.1. The van der Waals surface area contributed by atoms with Gasteiger partial charge in [-0.2, -0.15) is 13.2 Å². The Balaban J connectivity index is 2.18. The maximum atomic E-state index is 13.1. The number of rotatable bonds is 4. The van der Waals surface area contributed by atoms with E-state index >= 15 is 0 Å². The molecule has 11 heteroatoms. The summed E-state index contributed by atoms with van der Waals surface area (Å²) in [5.41, 5.74) is -0.880. The summed E-state index contributed by atoms with van der Waals surface area (Å²) in [4.78, 5) is 5.77.